The predicted octanol–water partition coefficient (Wildman–Crippen LogP) is 8.27. The van der Waals surface area contributed by atoms with Gasteiger partial charge >= 0.3 is 13.3 Å². The number of carbonyl (C=O) groups excluding carboxylic acids is 5. The SMILES string of the molecule is CC(C)(C)C(=O)SCCOP(=O)(OCCSC(=O)C(C)(C)C)C(F)(F)c1ccc2sc(C(=O)N[C@H]3CCCC[C@H]4CC[C@@H](C(=O)N5CC(c6cc[nH]c(=O)c6)[C@H](C#N)C5)N4C3=O)cc2c1. The topological polar surface area (TPSA) is 196 Å². The summed E-state index contributed by atoms with van der Waals surface area (Å²) in [5.41, 5.74) is -5.91. The van der Waals surface area contributed by atoms with Crippen LogP contribution in [0.25, 0.3) is 10.1 Å². The molecule has 14 nitrogen and oxygen atoms in total. The Morgan fingerprint density at radius 3 is 2.17 bits per heavy atom. The van der Waals surface area contributed by atoms with Crippen LogP contribution < -0.4 is 10.9 Å². The lowest BCUT2D eigenvalue weighted by Crippen LogP contribution is -2.56. The van der Waals surface area contributed by atoms with Crippen LogP contribution in [0.15, 0.2) is 47.4 Å². The van der Waals surface area contributed by atoms with Gasteiger partial charge in [0.1, 0.15) is 12.1 Å². The number of aromatic amines is 1. The number of H-pyrrole nitrogens is 1. The number of thiophene rings is 1. The van der Waals surface area contributed by atoms with E-state index >= 15 is 8.78 Å². The summed E-state index contributed by atoms with van der Waals surface area (Å²) in [5.74, 6) is -2.28. The molecule has 0 radical (unpaired) electrons. The van der Waals surface area contributed by atoms with Gasteiger partial charge in [-0.25, -0.2) is 0 Å². The summed E-state index contributed by atoms with van der Waals surface area (Å²) in [6.07, 6.45) is 4.99. The number of hydrogen-bond acceptors (Lipinski definition) is 13. The highest BCUT2D eigenvalue weighted by Gasteiger charge is 2.55. The molecule has 0 bridgehead atoms. The molecule has 3 fully saturated rings. The molecule has 1 aromatic carbocycles. The van der Waals surface area contributed by atoms with Crippen molar-refractivity contribution in [2.45, 2.75) is 110 Å². The van der Waals surface area contributed by atoms with Gasteiger partial charge in [-0.2, -0.15) is 14.0 Å². The number of nitrogens with one attached hydrogen (secondary N) is 2. The van der Waals surface area contributed by atoms with Crippen LogP contribution in [0.1, 0.15) is 107 Å². The van der Waals surface area contributed by atoms with Crippen molar-refractivity contribution in [2.24, 2.45) is 16.7 Å². The third kappa shape index (κ3) is 11.6. The Bertz CT molecular complexity index is 2410. The molecule has 352 valence electrons. The molecule has 6 rings (SSSR count). The molecule has 3 amide bonds. The van der Waals surface area contributed by atoms with Gasteiger partial charge in [0.2, 0.25) is 17.4 Å². The molecule has 3 saturated heterocycles. The number of likely N-dealkylation sites (tertiary alicyclic amines) is 1. The molecule has 65 heavy (non-hydrogen) atoms. The first kappa shape index (κ1) is 50.5. The molecule has 2 N–H and O–H groups in total. The van der Waals surface area contributed by atoms with E-state index in [2.05, 4.69) is 16.4 Å². The van der Waals surface area contributed by atoms with Crippen LogP contribution >= 0.6 is 42.5 Å². The van der Waals surface area contributed by atoms with Gasteiger partial charge in [0.15, 0.2) is 10.2 Å². The van der Waals surface area contributed by atoms with Crippen LogP contribution in [0.5, 0.6) is 0 Å². The molecular weight excluding hydrogens is 920 g/mol. The molecule has 3 aromatic rings. The number of rotatable bonds is 14. The van der Waals surface area contributed by atoms with Gasteiger partial charge in [-0.05, 0) is 60.9 Å². The van der Waals surface area contributed by atoms with E-state index in [4.69, 9.17) is 9.05 Å². The first-order valence-electron chi connectivity index (χ1n) is 21.7. The molecule has 0 spiro atoms. The first-order valence-corrected chi connectivity index (χ1v) is 26.0. The summed E-state index contributed by atoms with van der Waals surface area (Å²) in [4.78, 5) is 85.2. The van der Waals surface area contributed by atoms with Crippen LogP contribution in [-0.4, -0.2) is 98.7 Å². The average molecular weight is 976 g/mol. The van der Waals surface area contributed by atoms with Crippen molar-refractivity contribution in [1.29, 1.82) is 5.26 Å². The maximum absolute atomic E-state index is 16.5. The fourth-order valence-corrected chi connectivity index (χ4v) is 12.5. The maximum atomic E-state index is 16.5. The highest BCUT2D eigenvalue weighted by Crippen LogP contribution is 2.67. The van der Waals surface area contributed by atoms with E-state index in [1.165, 1.54) is 24.4 Å². The molecule has 3 aliphatic rings. The molecule has 0 aliphatic carbocycles. The van der Waals surface area contributed by atoms with E-state index < -0.39 is 66.8 Å². The minimum absolute atomic E-state index is 0.0573. The zero-order chi connectivity index (χ0) is 47.5. The minimum atomic E-state index is -5.28. The Hall–Kier alpha value is -3.92. The summed E-state index contributed by atoms with van der Waals surface area (Å²) < 4.78 is 58.2. The van der Waals surface area contributed by atoms with E-state index in [0.29, 0.717) is 42.4 Å². The van der Waals surface area contributed by atoms with Crippen LogP contribution in [0.4, 0.5) is 8.78 Å². The van der Waals surface area contributed by atoms with Crippen molar-refractivity contribution in [3.63, 3.8) is 0 Å². The number of nitrogens with zero attached hydrogens (tertiary/aromatic N) is 3. The number of nitriles is 1. The number of amides is 3. The Morgan fingerprint density at radius 2 is 1.55 bits per heavy atom. The quantitative estimate of drug-likeness (QED) is 0.116. The molecule has 0 saturated carbocycles. The van der Waals surface area contributed by atoms with Crippen molar-refractivity contribution in [3.8, 4) is 6.07 Å². The average Bonchev–Trinajstić information content (AvgIpc) is 4.00. The van der Waals surface area contributed by atoms with E-state index in [1.807, 2.05) is 0 Å². The molecular formula is C45H56F2N5O9PS3. The summed E-state index contributed by atoms with van der Waals surface area (Å²) in [6, 6.07) is 8.46. The van der Waals surface area contributed by atoms with Crippen molar-refractivity contribution < 1.29 is 46.4 Å². The van der Waals surface area contributed by atoms with Gasteiger partial charge in [-0.1, -0.05) is 84.0 Å². The number of hydrogen-bond donors (Lipinski definition) is 2. The molecule has 2 aromatic heterocycles. The lowest BCUT2D eigenvalue weighted by molar-refractivity contribution is -0.146. The summed E-state index contributed by atoms with van der Waals surface area (Å²) in [7, 11) is -5.28. The second-order valence-electron chi connectivity index (χ2n) is 18.7. The first-order chi connectivity index (χ1) is 30.5. The van der Waals surface area contributed by atoms with Gasteiger partial charge in [0, 0.05) is 69.9 Å². The monoisotopic (exact) mass is 975 g/mol. The fraction of sp³-hybridized carbons (Fsp3) is 0.578. The molecule has 1 unspecified atom stereocenters. The molecule has 3 aliphatic heterocycles. The van der Waals surface area contributed by atoms with Crippen LogP contribution in [0, 0.1) is 28.1 Å². The Kier molecular flexibility index (Phi) is 15.9. The number of fused-ring (bicyclic) bond motifs is 2. The van der Waals surface area contributed by atoms with E-state index in [0.717, 1.165) is 53.4 Å². The van der Waals surface area contributed by atoms with Crippen molar-refractivity contribution in [2.75, 3.05) is 37.8 Å². The van der Waals surface area contributed by atoms with Crippen LogP contribution in [0.3, 0.4) is 0 Å². The summed E-state index contributed by atoms with van der Waals surface area (Å²) in [6.45, 7) is 9.71. The third-order valence-electron chi connectivity index (χ3n) is 11.8. The largest absolute Gasteiger partial charge is 0.404 e. The number of halogens is 2. The van der Waals surface area contributed by atoms with Crippen LogP contribution in [-0.2, 0) is 38.5 Å². The summed E-state index contributed by atoms with van der Waals surface area (Å²) in [5, 5.41) is 12.7. The fourth-order valence-electron chi connectivity index (χ4n) is 8.21. The van der Waals surface area contributed by atoms with Crippen molar-refractivity contribution in [1.82, 2.24) is 20.1 Å². The Morgan fingerprint density at radius 1 is 0.908 bits per heavy atom. The lowest BCUT2D eigenvalue weighted by Gasteiger charge is -2.36. The highest BCUT2D eigenvalue weighted by molar-refractivity contribution is 8.14. The number of carbonyl (C=O) groups is 5. The molecule has 20 heteroatoms. The van der Waals surface area contributed by atoms with Gasteiger partial charge in [0.25, 0.3) is 5.91 Å². The Balaban J connectivity index is 1.16. The second-order valence-corrected chi connectivity index (χ2v) is 24.0. The van der Waals surface area contributed by atoms with E-state index in [-0.39, 0.29) is 74.4 Å². The van der Waals surface area contributed by atoms with Crippen molar-refractivity contribution in [3.05, 3.63) is 69.0 Å². The number of thioether (sulfide) groups is 2. The highest BCUT2D eigenvalue weighted by atomic mass is 32.2. The normalized spacial score (nSPS) is 22.0. The number of alkyl halides is 2. The van der Waals surface area contributed by atoms with E-state index in [9.17, 15) is 38.6 Å². The molecule has 5 heterocycles. The number of pyridine rings is 1. The zero-order valence-electron chi connectivity index (χ0n) is 37.4. The maximum Gasteiger partial charge on any atom is 0.404 e. The van der Waals surface area contributed by atoms with Gasteiger partial charge in [-0.15, -0.1) is 11.3 Å². The number of aromatic nitrogens is 1. The van der Waals surface area contributed by atoms with Gasteiger partial charge in [0.05, 0.1) is 30.1 Å². The predicted molar refractivity (Wildman–Crippen MR) is 248 cm³/mol. The van der Waals surface area contributed by atoms with Crippen LogP contribution in [0.2, 0.25) is 0 Å². The van der Waals surface area contributed by atoms with Crippen molar-refractivity contribution >= 4 is 80.5 Å². The molecule has 5 atom stereocenters. The van der Waals surface area contributed by atoms with Gasteiger partial charge < -0.3 is 29.1 Å². The number of benzene rings is 1. The summed E-state index contributed by atoms with van der Waals surface area (Å²) >= 11 is 2.76. The smallest absolute Gasteiger partial charge is 0.340 e. The lowest BCUT2D eigenvalue weighted by atomic mass is 9.91. The third-order valence-corrected chi connectivity index (χ3v) is 17.4. The second kappa shape index (κ2) is 20.5. The minimum Gasteiger partial charge on any atom is -0.340 e. The van der Waals surface area contributed by atoms with E-state index in [1.54, 1.807) is 57.4 Å². The van der Waals surface area contributed by atoms with Gasteiger partial charge in [-0.3, -0.25) is 33.3 Å². The standard InChI is InChI=1S/C45H56F2N5O9PS3/c1-43(2,3)41(57)63-19-17-60-62(59,61-18-20-64-42(58)44(4,5)6)45(46,47)30-11-14-35-28(21-30)22-36(65-35)38(54)50-33-10-8-7-9-31-12-13-34(52(31)39(33)55)40(56)51-25-29(24-48)32(26-51)27-15-16-49-37(53)23-27/h11,14-16,21-23,29,31-34H,7-10,12-13,17-20,25-26H2,1-6H3,(H,49,53)(H,50,54)/t29-,31+,32?,33+,34+/m1/s1. The Labute approximate surface area is 389 Å². The zero-order valence-corrected chi connectivity index (χ0v) is 40.7.